The largest absolute Gasteiger partial charge is 0.480 e. The Labute approximate surface area is 131 Å². The van der Waals surface area contributed by atoms with Crippen LogP contribution in [0.15, 0.2) is 22.7 Å². The number of benzene rings is 1. The second kappa shape index (κ2) is 6.44. The number of hydrogen-bond acceptors (Lipinski definition) is 3. The molecule has 1 aliphatic heterocycles. The van der Waals surface area contributed by atoms with E-state index >= 15 is 0 Å². The van der Waals surface area contributed by atoms with Crippen molar-refractivity contribution in [3.63, 3.8) is 0 Å². The highest BCUT2D eigenvalue weighted by atomic mass is 79.9. The number of carboxylic acids is 1. The van der Waals surface area contributed by atoms with Crippen molar-refractivity contribution in [3.05, 3.63) is 28.2 Å². The molecule has 2 amide bonds. The normalized spacial score (nSPS) is 21.4. The molecule has 1 heterocycles. The van der Waals surface area contributed by atoms with Crippen LogP contribution in [0.1, 0.15) is 12.0 Å². The number of ether oxygens (including phenoxy) is 1. The average molecular weight is 357 g/mol. The van der Waals surface area contributed by atoms with Crippen LogP contribution in [0.25, 0.3) is 0 Å². The van der Waals surface area contributed by atoms with E-state index in [2.05, 4.69) is 21.2 Å². The van der Waals surface area contributed by atoms with Gasteiger partial charge < -0.3 is 20.1 Å². The SMILES string of the molecule is COC1CC(C(=O)O)N(C(=O)Nc2cc(C)ccc2Br)C1. The van der Waals surface area contributed by atoms with Crippen LogP contribution in [0.4, 0.5) is 10.5 Å². The number of anilines is 1. The van der Waals surface area contributed by atoms with Crippen LogP contribution >= 0.6 is 15.9 Å². The Hall–Kier alpha value is -1.60. The Morgan fingerprint density at radius 1 is 1.48 bits per heavy atom. The smallest absolute Gasteiger partial charge is 0.326 e. The molecule has 0 radical (unpaired) electrons. The van der Waals surface area contributed by atoms with Gasteiger partial charge in [-0.2, -0.15) is 0 Å². The molecule has 2 N–H and O–H groups in total. The number of carbonyl (C=O) groups excluding carboxylic acids is 1. The van der Waals surface area contributed by atoms with Gasteiger partial charge in [-0.25, -0.2) is 9.59 Å². The highest BCUT2D eigenvalue weighted by molar-refractivity contribution is 9.10. The van der Waals surface area contributed by atoms with Gasteiger partial charge in [0.25, 0.3) is 0 Å². The lowest BCUT2D eigenvalue weighted by Crippen LogP contribution is -2.43. The summed E-state index contributed by atoms with van der Waals surface area (Å²) in [5.41, 5.74) is 1.62. The summed E-state index contributed by atoms with van der Waals surface area (Å²) in [5.74, 6) is -1.02. The number of urea groups is 1. The minimum Gasteiger partial charge on any atom is -0.480 e. The van der Waals surface area contributed by atoms with Crippen LogP contribution in [0, 0.1) is 6.92 Å². The third-order valence-electron chi connectivity index (χ3n) is 3.51. The third-order valence-corrected chi connectivity index (χ3v) is 4.20. The molecule has 2 rings (SSSR count). The zero-order chi connectivity index (χ0) is 15.6. The number of carboxylic acid groups (broad SMARTS) is 1. The Balaban J connectivity index is 2.15. The van der Waals surface area contributed by atoms with E-state index in [1.807, 2.05) is 25.1 Å². The number of aliphatic carboxylic acids is 1. The fraction of sp³-hybridized carbons (Fsp3) is 0.429. The molecule has 0 spiro atoms. The first-order chi connectivity index (χ1) is 9.92. The van der Waals surface area contributed by atoms with Crippen molar-refractivity contribution in [1.82, 2.24) is 4.90 Å². The fourth-order valence-electron chi connectivity index (χ4n) is 2.35. The molecule has 0 aromatic heterocycles. The molecule has 21 heavy (non-hydrogen) atoms. The Bertz CT molecular complexity index is 564. The second-order valence-corrected chi connectivity index (χ2v) is 5.87. The van der Waals surface area contributed by atoms with Gasteiger partial charge in [-0.15, -0.1) is 0 Å². The number of nitrogens with one attached hydrogen (secondary N) is 1. The van der Waals surface area contributed by atoms with E-state index in [-0.39, 0.29) is 12.6 Å². The second-order valence-electron chi connectivity index (χ2n) is 5.01. The minimum atomic E-state index is -1.02. The number of hydrogen-bond donors (Lipinski definition) is 2. The van der Waals surface area contributed by atoms with E-state index in [0.717, 1.165) is 10.0 Å². The van der Waals surface area contributed by atoms with Gasteiger partial charge >= 0.3 is 12.0 Å². The molecule has 1 saturated heterocycles. The standard InChI is InChI=1S/C14H17BrN2O4/c1-8-3-4-10(15)11(5-8)16-14(20)17-7-9(21-2)6-12(17)13(18)19/h3-5,9,12H,6-7H2,1-2H3,(H,16,20)(H,18,19). The van der Waals surface area contributed by atoms with Gasteiger partial charge in [-0.3, -0.25) is 0 Å². The number of nitrogens with zero attached hydrogens (tertiary/aromatic N) is 1. The lowest BCUT2D eigenvalue weighted by Gasteiger charge is -2.22. The van der Waals surface area contributed by atoms with Crippen molar-refractivity contribution in [2.45, 2.75) is 25.5 Å². The summed E-state index contributed by atoms with van der Waals surface area (Å²) in [4.78, 5) is 24.9. The first kappa shape index (κ1) is 15.8. The summed E-state index contributed by atoms with van der Waals surface area (Å²) in [7, 11) is 1.52. The van der Waals surface area contributed by atoms with Gasteiger partial charge in [0.2, 0.25) is 0 Å². The third kappa shape index (κ3) is 3.54. The number of carbonyl (C=O) groups is 2. The zero-order valence-corrected chi connectivity index (χ0v) is 13.4. The quantitative estimate of drug-likeness (QED) is 0.871. The predicted octanol–water partition coefficient (Wildman–Crippen LogP) is 2.46. The fourth-order valence-corrected chi connectivity index (χ4v) is 2.69. The van der Waals surface area contributed by atoms with Crippen LogP contribution < -0.4 is 5.32 Å². The first-order valence-corrected chi connectivity index (χ1v) is 7.31. The Morgan fingerprint density at radius 2 is 2.19 bits per heavy atom. The molecular weight excluding hydrogens is 340 g/mol. The molecule has 0 aliphatic carbocycles. The maximum Gasteiger partial charge on any atom is 0.326 e. The van der Waals surface area contributed by atoms with Gasteiger partial charge in [-0.1, -0.05) is 6.07 Å². The predicted molar refractivity (Wildman–Crippen MR) is 81.4 cm³/mol. The van der Waals surface area contributed by atoms with Crippen LogP contribution in [0.5, 0.6) is 0 Å². The number of likely N-dealkylation sites (tertiary alicyclic amines) is 1. The van der Waals surface area contributed by atoms with E-state index < -0.39 is 18.0 Å². The molecule has 1 fully saturated rings. The molecule has 114 valence electrons. The lowest BCUT2D eigenvalue weighted by molar-refractivity contribution is -0.141. The van der Waals surface area contributed by atoms with Crippen LogP contribution in [-0.4, -0.2) is 47.8 Å². The maximum absolute atomic E-state index is 12.3. The van der Waals surface area contributed by atoms with Crippen molar-refractivity contribution in [2.24, 2.45) is 0 Å². The number of rotatable bonds is 3. The lowest BCUT2D eigenvalue weighted by atomic mass is 10.2. The topological polar surface area (TPSA) is 78.9 Å². The first-order valence-electron chi connectivity index (χ1n) is 6.51. The van der Waals surface area contributed by atoms with Crippen molar-refractivity contribution in [1.29, 1.82) is 0 Å². The molecular formula is C14H17BrN2O4. The highest BCUT2D eigenvalue weighted by Crippen LogP contribution is 2.26. The molecule has 2 unspecified atom stereocenters. The van der Waals surface area contributed by atoms with Gasteiger partial charge in [0.15, 0.2) is 0 Å². The van der Waals surface area contributed by atoms with Gasteiger partial charge in [-0.05, 0) is 40.5 Å². The highest BCUT2D eigenvalue weighted by Gasteiger charge is 2.40. The molecule has 1 aromatic carbocycles. The number of methoxy groups -OCH3 is 1. The van der Waals surface area contributed by atoms with E-state index in [4.69, 9.17) is 4.74 Å². The monoisotopic (exact) mass is 356 g/mol. The van der Waals surface area contributed by atoms with E-state index in [9.17, 15) is 14.7 Å². The summed E-state index contributed by atoms with van der Waals surface area (Å²) >= 11 is 3.36. The van der Waals surface area contributed by atoms with Crippen molar-refractivity contribution < 1.29 is 19.4 Å². The van der Waals surface area contributed by atoms with Crippen LogP contribution in [-0.2, 0) is 9.53 Å². The van der Waals surface area contributed by atoms with Gasteiger partial charge in [0.05, 0.1) is 11.8 Å². The van der Waals surface area contributed by atoms with Crippen molar-refractivity contribution in [2.75, 3.05) is 19.0 Å². The summed E-state index contributed by atoms with van der Waals surface area (Å²) in [6.45, 7) is 2.18. The van der Waals surface area contributed by atoms with E-state index in [1.165, 1.54) is 12.0 Å². The maximum atomic E-state index is 12.3. The van der Waals surface area contributed by atoms with E-state index in [1.54, 1.807) is 0 Å². The zero-order valence-electron chi connectivity index (χ0n) is 11.8. The van der Waals surface area contributed by atoms with Crippen LogP contribution in [0.2, 0.25) is 0 Å². The average Bonchev–Trinajstić information content (AvgIpc) is 2.87. The van der Waals surface area contributed by atoms with Gasteiger partial charge in [0, 0.05) is 24.5 Å². The summed E-state index contributed by atoms with van der Waals surface area (Å²) in [5, 5.41) is 12.0. The van der Waals surface area contributed by atoms with Crippen LogP contribution in [0.3, 0.4) is 0 Å². The molecule has 6 nitrogen and oxygen atoms in total. The summed E-state index contributed by atoms with van der Waals surface area (Å²) in [6, 6.07) is 4.27. The number of amides is 2. The molecule has 1 aromatic rings. The molecule has 0 saturated carbocycles. The minimum absolute atomic E-state index is 0.252. The molecule has 0 bridgehead atoms. The Morgan fingerprint density at radius 3 is 2.81 bits per heavy atom. The molecule has 2 atom stereocenters. The van der Waals surface area contributed by atoms with Crippen molar-refractivity contribution in [3.8, 4) is 0 Å². The summed E-state index contributed by atoms with van der Waals surface area (Å²) < 4.78 is 5.92. The molecule has 7 heteroatoms. The van der Waals surface area contributed by atoms with Gasteiger partial charge in [0.1, 0.15) is 6.04 Å². The Kier molecular flexibility index (Phi) is 4.84. The molecule has 1 aliphatic rings. The van der Waals surface area contributed by atoms with Crippen molar-refractivity contribution >= 4 is 33.6 Å². The summed E-state index contributed by atoms with van der Waals surface area (Å²) in [6.07, 6.45) is 0.0478. The number of aryl methyl sites for hydroxylation is 1. The number of halogens is 1. The van der Waals surface area contributed by atoms with E-state index in [0.29, 0.717) is 12.1 Å².